The molecule has 1 aliphatic rings. The largest absolute Gasteiger partial charge is 0.338 e. The highest BCUT2D eigenvalue weighted by atomic mass is 35.5. The molecule has 28 heavy (non-hydrogen) atoms. The van der Waals surface area contributed by atoms with Crippen molar-refractivity contribution in [1.82, 2.24) is 4.90 Å². The molecule has 7 heteroatoms. The minimum atomic E-state index is -0.648. The van der Waals surface area contributed by atoms with Crippen LogP contribution in [0.4, 0.5) is 5.69 Å². The third kappa shape index (κ3) is 5.25. The molecule has 1 atom stereocenters. The van der Waals surface area contributed by atoms with Crippen LogP contribution in [0.5, 0.6) is 0 Å². The molecule has 1 unspecified atom stereocenters. The summed E-state index contributed by atoms with van der Waals surface area (Å²) < 4.78 is 0. The average molecular weight is 422 g/mol. The van der Waals surface area contributed by atoms with Gasteiger partial charge in [0.15, 0.2) is 0 Å². The van der Waals surface area contributed by atoms with Crippen LogP contribution in [0.3, 0.4) is 0 Å². The first-order chi connectivity index (χ1) is 13.1. The van der Waals surface area contributed by atoms with E-state index in [1.807, 2.05) is 42.5 Å². The number of nitrogens with zero attached hydrogens (tertiary/aromatic N) is 2. The second kappa shape index (κ2) is 10.5. The Morgan fingerprint density at radius 3 is 2.61 bits per heavy atom. The van der Waals surface area contributed by atoms with E-state index < -0.39 is 5.92 Å². The van der Waals surface area contributed by atoms with Crippen molar-refractivity contribution in [3.63, 3.8) is 0 Å². The number of benzene rings is 2. The van der Waals surface area contributed by atoms with Crippen molar-refractivity contribution in [2.24, 2.45) is 11.7 Å². The first-order valence-electron chi connectivity index (χ1n) is 9.20. The minimum absolute atomic E-state index is 0. The van der Waals surface area contributed by atoms with Crippen molar-refractivity contribution in [2.75, 3.05) is 24.5 Å². The number of amides is 2. The van der Waals surface area contributed by atoms with E-state index in [9.17, 15) is 9.59 Å². The average Bonchev–Trinajstić information content (AvgIpc) is 3.06. The van der Waals surface area contributed by atoms with Crippen LogP contribution in [0.1, 0.15) is 18.4 Å². The summed E-state index contributed by atoms with van der Waals surface area (Å²) in [5.74, 6) is -0.930. The maximum atomic E-state index is 13.1. The molecule has 2 amide bonds. The van der Waals surface area contributed by atoms with Gasteiger partial charge in [-0.15, -0.1) is 12.4 Å². The maximum absolute atomic E-state index is 13.1. The second-order valence-electron chi connectivity index (χ2n) is 6.70. The number of anilines is 1. The van der Waals surface area contributed by atoms with Gasteiger partial charge < -0.3 is 15.5 Å². The molecule has 0 saturated carbocycles. The highest BCUT2D eigenvalue weighted by molar-refractivity contribution is 6.31. The van der Waals surface area contributed by atoms with E-state index in [4.69, 9.17) is 17.3 Å². The van der Waals surface area contributed by atoms with Crippen LogP contribution in [-0.2, 0) is 16.1 Å². The van der Waals surface area contributed by atoms with Crippen LogP contribution in [0.2, 0.25) is 5.02 Å². The summed E-state index contributed by atoms with van der Waals surface area (Å²) in [6.45, 7) is 2.06. The molecule has 0 bridgehead atoms. The fourth-order valence-electron chi connectivity index (χ4n) is 3.38. The van der Waals surface area contributed by atoms with E-state index in [2.05, 4.69) is 0 Å². The van der Waals surface area contributed by atoms with Crippen molar-refractivity contribution in [3.05, 3.63) is 65.2 Å². The summed E-state index contributed by atoms with van der Waals surface area (Å²) in [5, 5.41) is 0.573. The molecule has 3 rings (SSSR count). The fraction of sp³-hybridized carbons (Fsp3) is 0.333. The van der Waals surface area contributed by atoms with E-state index >= 15 is 0 Å². The van der Waals surface area contributed by atoms with E-state index in [1.165, 1.54) is 0 Å². The SMILES string of the molecule is Cl.NCCCN(Cc1ccccc1)C(=O)C1CCN(c2cccc(Cl)c2)C1=O. The molecule has 2 N–H and O–H groups in total. The first-order valence-corrected chi connectivity index (χ1v) is 9.57. The van der Waals surface area contributed by atoms with E-state index in [0.29, 0.717) is 44.0 Å². The predicted molar refractivity (Wildman–Crippen MR) is 115 cm³/mol. The lowest BCUT2D eigenvalue weighted by atomic mass is 10.1. The van der Waals surface area contributed by atoms with Gasteiger partial charge in [0.2, 0.25) is 11.8 Å². The zero-order valence-electron chi connectivity index (χ0n) is 15.6. The molecule has 0 spiro atoms. The molecule has 1 fully saturated rings. The zero-order valence-corrected chi connectivity index (χ0v) is 17.2. The number of carbonyl (C=O) groups excluding carboxylic acids is 2. The van der Waals surface area contributed by atoms with Crippen molar-refractivity contribution < 1.29 is 9.59 Å². The minimum Gasteiger partial charge on any atom is -0.338 e. The lowest BCUT2D eigenvalue weighted by molar-refractivity contribution is -0.140. The number of carbonyl (C=O) groups is 2. The highest BCUT2D eigenvalue weighted by Gasteiger charge is 2.39. The number of hydrogen-bond acceptors (Lipinski definition) is 3. The Labute approximate surface area is 176 Å². The summed E-state index contributed by atoms with van der Waals surface area (Å²) in [7, 11) is 0. The highest BCUT2D eigenvalue weighted by Crippen LogP contribution is 2.28. The van der Waals surface area contributed by atoms with Crippen molar-refractivity contribution in [2.45, 2.75) is 19.4 Å². The van der Waals surface area contributed by atoms with Crippen LogP contribution < -0.4 is 10.6 Å². The second-order valence-corrected chi connectivity index (χ2v) is 7.14. The van der Waals surface area contributed by atoms with Crippen molar-refractivity contribution in [3.8, 4) is 0 Å². The molecule has 1 heterocycles. The van der Waals surface area contributed by atoms with Gasteiger partial charge in [0, 0.05) is 30.3 Å². The normalized spacial score (nSPS) is 16.0. The Hall–Kier alpha value is -2.08. The fourth-order valence-corrected chi connectivity index (χ4v) is 3.57. The third-order valence-electron chi connectivity index (χ3n) is 4.78. The van der Waals surface area contributed by atoms with Gasteiger partial charge >= 0.3 is 0 Å². The van der Waals surface area contributed by atoms with Gasteiger partial charge in [0.05, 0.1) is 0 Å². The Kier molecular flexibility index (Phi) is 8.30. The van der Waals surface area contributed by atoms with Crippen molar-refractivity contribution in [1.29, 1.82) is 0 Å². The summed E-state index contributed by atoms with van der Waals surface area (Å²) in [5.41, 5.74) is 7.41. The summed E-state index contributed by atoms with van der Waals surface area (Å²) in [6, 6.07) is 17.0. The van der Waals surface area contributed by atoms with Crippen molar-refractivity contribution >= 4 is 41.5 Å². The Balaban J connectivity index is 0.00000280. The molecule has 0 aromatic heterocycles. The molecule has 0 aliphatic carbocycles. The lowest BCUT2D eigenvalue weighted by Gasteiger charge is -2.25. The summed E-state index contributed by atoms with van der Waals surface area (Å²) >= 11 is 6.04. The van der Waals surface area contributed by atoms with Gasteiger partial charge in [0.25, 0.3) is 0 Å². The molecule has 0 radical (unpaired) electrons. The Morgan fingerprint density at radius 1 is 1.18 bits per heavy atom. The number of nitrogens with two attached hydrogens (primary N) is 1. The van der Waals surface area contributed by atoms with Gasteiger partial charge in [-0.1, -0.05) is 48.0 Å². The predicted octanol–water partition coefficient (Wildman–Crippen LogP) is 3.49. The smallest absolute Gasteiger partial charge is 0.239 e. The van der Waals surface area contributed by atoms with Gasteiger partial charge in [-0.2, -0.15) is 0 Å². The van der Waals surface area contributed by atoms with Crippen LogP contribution in [0.15, 0.2) is 54.6 Å². The van der Waals surface area contributed by atoms with E-state index in [0.717, 1.165) is 11.3 Å². The Bertz CT molecular complexity index is 801. The van der Waals surface area contributed by atoms with Crippen LogP contribution >= 0.6 is 24.0 Å². The molecule has 5 nitrogen and oxygen atoms in total. The quantitative estimate of drug-likeness (QED) is 0.695. The summed E-state index contributed by atoms with van der Waals surface area (Å²) in [4.78, 5) is 29.4. The summed E-state index contributed by atoms with van der Waals surface area (Å²) in [6.07, 6.45) is 1.22. The number of hydrogen-bond donors (Lipinski definition) is 1. The van der Waals surface area contributed by atoms with Gasteiger partial charge in [-0.05, 0) is 43.1 Å². The maximum Gasteiger partial charge on any atom is 0.239 e. The van der Waals surface area contributed by atoms with E-state index in [1.54, 1.807) is 21.9 Å². The molecule has 150 valence electrons. The molecule has 2 aromatic carbocycles. The topological polar surface area (TPSA) is 66.6 Å². The van der Waals surface area contributed by atoms with Gasteiger partial charge in [0.1, 0.15) is 5.92 Å². The molecule has 1 saturated heterocycles. The Morgan fingerprint density at radius 2 is 1.93 bits per heavy atom. The number of halogens is 2. The number of rotatable bonds is 7. The standard InChI is InChI=1S/C21H24ClN3O2.ClH/c22-17-8-4-9-18(14-17)25-13-10-19(21(25)27)20(26)24(12-5-11-23)15-16-6-2-1-3-7-16;/h1-4,6-9,14,19H,5,10-13,15,23H2;1H. The van der Waals surface area contributed by atoms with Crippen LogP contribution in [-0.4, -0.2) is 36.3 Å². The third-order valence-corrected chi connectivity index (χ3v) is 5.02. The van der Waals surface area contributed by atoms with E-state index in [-0.39, 0.29) is 24.2 Å². The van der Waals surface area contributed by atoms with Gasteiger partial charge in [-0.3, -0.25) is 9.59 Å². The monoisotopic (exact) mass is 421 g/mol. The van der Waals surface area contributed by atoms with Crippen LogP contribution in [0, 0.1) is 5.92 Å². The molecule has 1 aliphatic heterocycles. The lowest BCUT2D eigenvalue weighted by Crippen LogP contribution is -2.40. The van der Waals surface area contributed by atoms with Crippen LogP contribution in [0.25, 0.3) is 0 Å². The van der Waals surface area contributed by atoms with Gasteiger partial charge in [-0.25, -0.2) is 0 Å². The molecular formula is C21H25Cl2N3O2. The first kappa shape index (κ1) is 22.2. The zero-order chi connectivity index (χ0) is 19.2. The molecule has 2 aromatic rings. The molecular weight excluding hydrogens is 397 g/mol.